The summed E-state index contributed by atoms with van der Waals surface area (Å²) in [4.78, 5) is 12.6. The molecule has 0 unspecified atom stereocenters. The van der Waals surface area contributed by atoms with Gasteiger partial charge in [0.15, 0.2) is 6.10 Å². The van der Waals surface area contributed by atoms with Crippen molar-refractivity contribution in [3.63, 3.8) is 0 Å². The summed E-state index contributed by atoms with van der Waals surface area (Å²) in [6.45, 7) is 5.89. The van der Waals surface area contributed by atoms with E-state index in [-0.39, 0.29) is 12.0 Å². The van der Waals surface area contributed by atoms with Gasteiger partial charge in [-0.3, -0.25) is 4.79 Å². The number of amides is 1. The molecule has 0 bridgehead atoms. The van der Waals surface area contributed by atoms with Crippen LogP contribution in [0.5, 0.6) is 11.5 Å². The second-order valence-electron chi connectivity index (χ2n) is 6.70. The zero-order chi connectivity index (χ0) is 19.2. The van der Waals surface area contributed by atoms with E-state index in [1.165, 1.54) is 0 Å². The molecule has 3 rings (SSSR count). The summed E-state index contributed by atoms with van der Waals surface area (Å²) in [5, 5.41) is 5.14. The Morgan fingerprint density at radius 2 is 1.56 bits per heavy atom. The molecule has 1 N–H and O–H groups in total. The first-order valence-corrected chi connectivity index (χ1v) is 9.28. The van der Waals surface area contributed by atoms with Crippen molar-refractivity contribution in [2.75, 3.05) is 5.32 Å². The molecular weight excluding hydrogens is 338 g/mol. The van der Waals surface area contributed by atoms with Gasteiger partial charge >= 0.3 is 0 Å². The summed E-state index contributed by atoms with van der Waals surface area (Å²) in [6.07, 6.45) is 0.135. The van der Waals surface area contributed by atoms with Gasteiger partial charge in [-0.1, -0.05) is 37.3 Å². The normalized spacial score (nSPS) is 12.0. The molecule has 1 amide bonds. The van der Waals surface area contributed by atoms with Crippen molar-refractivity contribution in [1.82, 2.24) is 0 Å². The van der Waals surface area contributed by atoms with Gasteiger partial charge in [0.25, 0.3) is 5.91 Å². The number of ether oxygens (including phenoxy) is 2. The number of carbonyl (C=O) groups excluding carboxylic acids is 1. The van der Waals surface area contributed by atoms with Gasteiger partial charge in [0.1, 0.15) is 11.5 Å². The predicted octanol–water partition coefficient (Wildman–Crippen LogP) is 5.42. The van der Waals surface area contributed by atoms with Crippen molar-refractivity contribution >= 4 is 22.4 Å². The topological polar surface area (TPSA) is 47.6 Å². The van der Waals surface area contributed by atoms with Crippen LogP contribution in [-0.4, -0.2) is 18.1 Å². The highest BCUT2D eigenvalue weighted by atomic mass is 16.5. The highest BCUT2D eigenvalue weighted by molar-refractivity contribution is 5.94. The lowest BCUT2D eigenvalue weighted by atomic mass is 10.1. The number of carbonyl (C=O) groups is 1. The Morgan fingerprint density at radius 3 is 2.22 bits per heavy atom. The lowest BCUT2D eigenvalue weighted by Gasteiger charge is -2.18. The molecule has 27 heavy (non-hydrogen) atoms. The Hall–Kier alpha value is -3.01. The van der Waals surface area contributed by atoms with E-state index in [4.69, 9.17) is 9.47 Å². The maximum atomic E-state index is 12.6. The van der Waals surface area contributed by atoms with Gasteiger partial charge in [0.2, 0.25) is 0 Å². The third-order valence-electron chi connectivity index (χ3n) is 4.16. The molecule has 4 heteroatoms. The van der Waals surface area contributed by atoms with Crippen LogP contribution in [0, 0.1) is 0 Å². The van der Waals surface area contributed by atoms with Crippen molar-refractivity contribution in [3.05, 3.63) is 66.7 Å². The van der Waals surface area contributed by atoms with Crippen LogP contribution in [-0.2, 0) is 4.79 Å². The van der Waals surface area contributed by atoms with Gasteiger partial charge in [-0.15, -0.1) is 0 Å². The smallest absolute Gasteiger partial charge is 0.265 e. The largest absolute Gasteiger partial charge is 0.491 e. The Bertz CT molecular complexity index is 903. The highest BCUT2D eigenvalue weighted by Crippen LogP contribution is 2.23. The van der Waals surface area contributed by atoms with Gasteiger partial charge in [-0.25, -0.2) is 0 Å². The van der Waals surface area contributed by atoms with E-state index in [0.29, 0.717) is 12.2 Å². The number of nitrogens with one attached hydrogen (secondary N) is 1. The molecule has 0 fully saturated rings. The van der Waals surface area contributed by atoms with Crippen LogP contribution in [0.1, 0.15) is 27.2 Å². The number of benzene rings is 3. The lowest BCUT2D eigenvalue weighted by Crippen LogP contribution is -2.32. The molecule has 0 aliphatic heterocycles. The van der Waals surface area contributed by atoms with E-state index in [1.54, 1.807) is 0 Å². The number of hydrogen-bond donors (Lipinski definition) is 1. The molecule has 3 aromatic rings. The van der Waals surface area contributed by atoms with Gasteiger partial charge in [0.05, 0.1) is 6.10 Å². The molecule has 1 atom stereocenters. The molecule has 0 radical (unpaired) electrons. The molecule has 0 aliphatic carbocycles. The second kappa shape index (κ2) is 8.58. The summed E-state index contributed by atoms with van der Waals surface area (Å²) < 4.78 is 11.6. The minimum absolute atomic E-state index is 0.116. The maximum absolute atomic E-state index is 12.6. The zero-order valence-corrected chi connectivity index (χ0v) is 15.9. The van der Waals surface area contributed by atoms with Crippen LogP contribution in [0.4, 0.5) is 5.69 Å². The van der Waals surface area contributed by atoms with Gasteiger partial charge in [-0.05, 0) is 67.4 Å². The Labute approximate surface area is 160 Å². The summed E-state index contributed by atoms with van der Waals surface area (Å²) in [5.74, 6) is 1.31. The van der Waals surface area contributed by atoms with Gasteiger partial charge in [-0.2, -0.15) is 0 Å². The lowest BCUT2D eigenvalue weighted by molar-refractivity contribution is -0.122. The molecule has 140 valence electrons. The predicted molar refractivity (Wildman–Crippen MR) is 109 cm³/mol. The van der Waals surface area contributed by atoms with Crippen LogP contribution >= 0.6 is 0 Å². The van der Waals surface area contributed by atoms with E-state index < -0.39 is 6.10 Å². The number of anilines is 1. The molecule has 0 aliphatic rings. The minimum atomic E-state index is -0.558. The van der Waals surface area contributed by atoms with Crippen molar-refractivity contribution in [2.24, 2.45) is 0 Å². The number of fused-ring (bicyclic) bond motifs is 1. The van der Waals surface area contributed by atoms with Crippen LogP contribution < -0.4 is 14.8 Å². The first-order valence-electron chi connectivity index (χ1n) is 9.28. The highest BCUT2D eigenvalue weighted by Gasteiger charge is 2.18. The van der Waals surface area contributed by atoms with Gasteiger partial charge in [0, 0.05) is 5.69 Å². The van der Waals surface area contributed by atoms with E-state index in [0.717, 1.165) is 22.2 Å². The summed E-state index contributed by atoms with van der Waals surface area (Å²) in [5.41, 5.74) is 0.719. The first-order chi connectivity index (χ1) is 13.0. The molecule has 3 aromatic carbocycles. The Morgan fingerprint density at radius 1 is 0.889 bits per heavy atom. The Kier molecular flexibility index (Phi) is 5.97. The summed E-state index contributed by atoms with van der Waals surface area (Å²) in [6, 6.07) is 21.3. The average molecular weight is 363 g/mol. The summed E-state index contributed by atoms with van der Waals surface area (Å²) >= 11 is 0. The van der Waals surface area contributed by atoms with Crippen LogP contribution in [0.15, 0.2) is 66.7 Å². The Balaban J connectivity index is 1.66. The zero-order valence-electron chi connectivity index (χ0n) is 15.9. The van der Waals surface area contributed by atoms with E-state index in [9.17, 15) is 4.79 Å². The van der Waals surface area contributed by atoms with Crippen LogP contribution in [0.2, 0.25) is 0 Å². The minimum Gasteiger partial charge on any atom is -0.491 e. The van der Waals surface area contributed by atoms with E-state index in [2.05, 4.69) is 11.4 Å². The van der Waals surface area contributed by atoms with Crippen LogP contribution in [0.3, 0.4) is 0 Å². The van der Waals surface area contributed by atoms with E-state index >= 15 is 0 Å². The SMILES string of the molecule is CC[C@H](Oc1ccc2ccccc2c1)C(=O)Nc1ccc(OC(C)C)cc1. The van der Waals surface area contributed by atoms with Crippen molar-refractivity contribution in [2.45, 2.75) is 39.4 Å². The monoisotopic (exact) mass is 363 g/mol. The third kappa shape index (κ3) is 5.00. The molecule has 4 nitrogen and oxygen atoms in total. The van der Waals surface area contributed by atoms with Crippen molar-refractivity contribution in [1.29, 1.82) is 0 Å². The number of rotatable bonds is 7. The molecule has 0 heterocycles. The van der Waals surface area contributed by atoms with Crippen molar-refractivity contribution < 1.29 is 14.3 Å². The number of hydrogen-bond acceptors (Lipinski definition) is 3. The fourth-order valence-electron chi connectivity index (χ4n) is 2.84. The quantitative estimate of drug-likeness (QED) is 0.609. The first kappa shape index (κ1) is 18.8. The molecule has 0 spiro atoms. The molecular formula is C23H25NO3. The van der Waals surface area contributed by atoms with Gasteiger partial charge < -0.3 is 14.8 Å². The average Bonchev–Trinajstić information content (AvgIpc) is 2.67. The third-order valence-corrected chi connectivity index (χ3v) is 4.16. The maximum Gasteiger partial charge on any atom is 0.265 e. The second-order valence-corrected chi connectivity index (χ2v) is 6.70. The molecule has 0 saturated heterocycles. The summed E-state index contributed by atoms with van der Waals surface area (Å²) in [7, 11) is 0. The molecule has 0 saturated carbocycles. The van der Waals surface area contributed by atoms with Crippen molar-refractivity contribution in [3.8, 4) is 11.5 Å². The van der Waals surface area contributed by atoms with E-state index in [1.807, 2.05) is 81.4 Å². The molecule has 0 aromatic heterocycles. The standard InChI is InChI=1S/C23H25NO3/c1-4-22(27-21-12-9-17-7-5-6-8-18(17)15-21)23(25)24-19-10-13-20(14-11-19)26-16(2)3/h5-16,22H,4H2,1-3H3,(H,24,25)/t22-/m0/s1. The fourth-order valence-corrected chi connectivity index (χ4v) is 2.84. The fraction of sp³-hybridized carbons (Fsp3) is 0.261. The van der Waals surface area contributed by atoms with Crippen LogP contribution in [0.25, 0.3) is 10.8 Å².